The summed E-state index contributed by atoms with van der Waals surface area (Å²) in [5.41, 5.74) is 0. The lowest BCUT2D eigenvalue weighted by Gasteiger charge is -2.29. The molecule has 1 aromatic rings. The van der Waals surface area contributed by atoms with Gasteiger partial charge in [-0.25, -0.2) is 8.78 Å². The van der Waals surface area contributed by atoms with Crippen molar-refractivity contribution in [2.75, 3.05) is 6.54 Å². The third kappa shape index (κ3) is 4.68. The fraction of sp³-hybridized carbons (Fsp3) is 0.467. The fourth-order valence-corrected chi connectivity index (χ4v) is 1.86. The van der Waals surface area contributed by atoms with Crippen molar-refractivity contribution in [3.8, 4) is 5.75 Å². The maximum absolute atomic E-state index is 13.1. The zero-order valence-corrected chi connectivity index (χ0v) is 12.7. The quantitative estimate of drug-likeness (QED) is 0.839. The average molecular weight is 315 g/mol. The molecule has 2 atom stereocenters. The minimum Gasteiger partial charge on any atom is -0.481 e. The lowest BCUT2D eigenvalue weighted by Crippen LogP contribution is -2.47. The van der Waals surface area contributed by atoms with E-state index in [0.29, 0.717) is 6.42 Å². The molecule has 22 heavy (non-hydrogen) atoms. The van der Waals surface area contributed by atoms with Crippen LogP contribution < -0.4 is 4.74 Å². The third-order valence-electron chi connectivity index (χ3n) is 3.26. The first-order valence-electron chi connectivity index (χ1n) is 6.90. The third-order valence-corrected chi connectivity index (χ3v) is 3.26. The summed E-state index contributed by atoms with van der Waals surface area (Å²) < 4.78 is 31.2. The largest absolute Gasteiger partial charge is 0.481 e. The molecule has 2 unspecified atom stereocenters. The van der Waals surface area contributed by atoms with Gasteiger partial charge in [-0.2, -0.15) is 0 Å². The molecule has 1 aromatic carbocycles. The highest BCUT2D eigenvalue weighted by atomic mass is 19.2. The first kappa shape index (κ1) is 17.9. The van der Waals surface area contributed by atoms with E-state index in [1.807, 2.05) is 6.92 Å². The van der Waals surface area contributed by atoms with Crippen molar-refractivity contribution in [3.05, 3.63) is 29.8 Å². The number of aliphatic carboxylic acids is 1. The van der Waals surface area contributed by atoms with Gasteiger partial charge in [-0.3, -0.25) is 9.59 Å². The van der Waals surface area contributed by atoms with Crippen LogP contribution in [0.2, 0.25) is 0 Å². The van der Waals surface area contributed by atoms with Gasteiger partial charge in [-0.15, -0.1) is 0 Å². The Kier molecular flexibility index (Phi) is 6.27. The van der Waals surface area contributed by atoms with E-state index < -0.39 is 36.2 Å². The maximum atomic E-state index is 13.1. The molecule has 0 heterocycles. The van der Waals surface area contributed by atoms with Gasteiger partial charge in [0.15, 0.2) is 17.7 Å². The number of nitrogens with zero attached hydrogens (tertiary/aromatic N) is 1. The number of carbonyl (C=O) groups excluding carboxylic acids is 1. The normalized spacial score (nSPS) is 13.3. The van der Waals surface area contributed by atoms with Crippen LogP contribution in [0.4, 0.5) is 8.78 Å². The zero-order valence-electron chi connectivity index (χ0n) is 12.7. The van der Waals surface area contributed by atoms with E-state index in [2.05, 4.69) is 0 Å². The number of hydrogen-bond acceptors (Lipinski definition) is 3. The van der Waals surface area contributed by atoms with E-state index >= 15 is 0 Å². The molecule has 0 spiro atoms. The van der Waals surface area contributed by atoms with Crippen molar-refractivity contribution in [1.82, 2.24) is 4.90 Å². The van der Waals surface area contributed by atoms with E-state index in [4.69, 9.17) is 9.84 Å². The molecule has 7 heteroatoms. The Labute approximate surface area is 127 Å². The Morgan fingerprint density at radius 2 is 1.91 bits per heavy atom. The summed E-state index contributed by atoms with van der Waals surface area (Å²) >= 11 is 0. The number of ether oxygens (including phenoxy) is 1. The van der Waals surface area contributed by atoms with E-state index in [1.54, 1.807) is 6.92 Å². The van der Waals surface area contributed by atoms with Gasteiger partial charge in [0.1, 0.15) is 12.3 Å². The van der Waals surface area contributed by atoms with Crippen LogP contribution in [0.5, 0.6) is 5.75 Å². The summed E-state index contributed by atoms with van der Waals surface area (Å²) in [6.07, 6.45) is -0.435. The molecule has 0 fully saturated rings. The SMILES string of the molecule is CCC(C)N(CC(=O)O)C(=O)C(C)Oc1ccc(F)c(F)c1. The van der Waals surface area contributed by atoms with E-state index in [1.165, 1.54) is 17.9 Å². The Hall–Kier alpha value is -2.18. The van der Waals surface area contributed by atoms with Crippen molar-refractivity contribution >= 4 is 11.9 Å². The Bertz CT molecular complexity index is 550. The molecule has 0 saturated heterocycles. The summed E-state index contributed by atoms with van der Waals surface area (Å²) in [4.78, 5) is 24.4. The van der Waals surface area contributed by atoms with Crippen LogP contribution in [0.25, 0.3) is 0 Å². The Balaban J connectivity index is 2.84. The second-order valence-corrected chi connectivity index (χ2v) is 4.95. The van der Waals surface area contributed by atoms with Crippen molar-refractivity contribution in [2.24, 2.45) is 0 Å². The average Bonchev–Trinajstić information content (AvgIpc) is 2.46. The smallest absolute Gasteiger partial charge is 0.323 e. The lowest BCUT2D eigenvalue weighted by atomic mass is 10.2. The second kappa shape index (κ2) is 7.72. The number of hydrogen-bond donors (Lipinski definition) is 1. The molecule has 0 aromatic heterocycles. The monoisotopic (exact) mass is 315 g/mol. The van der Waals surface area contributed by atoms with Gasteiger partial charge in [-0.05, 0) is 32.4 Å². The molecule has 1 rings (SSSR count). The second-order valence-electron chi connectivity index (χ2n) is 4.95. The number of amides is 1. The molecule has 0 radical (unpaired) electrons. The molecule has 0 aliphatic carbocycles. The van der Waals surface area contributed by atoms with Crippen molar-refractivity contribution in [3.63, 3.8) is 0 Å². The minimum atomic E-state index is -1.13. The van der Waals surface area contributed by atoms with Gasteiger partial charge in [-0.1, -0.05) is 6.92 Å². The summed E-state index contributed by atoms with van der Waals surface area (Å²) in [7, 11) is 0. The predicted molar refractivity (Wildman–Crippen MR) is 75.5 cm³/mol. The number of benzene rings is 1. The summed E-state index contributed by atoms with van der Waals surface area (Å²) in [6, 6.07) is 2.65. The topological polar surface area (TPSA) is 66.8 Å². The fourth-order valence-electron chi connectivity index (χ4n) is 1.86. The van der Waals surface area contributed by atoms with Crippen LogP contribution in [0, 0.1) is 11.6 Å². The van der Waals surface area contributed by atoms with Crippen LogP contribution in [-0.2, 0) is 9.59 Å². The molecular formula is C15H19F2NO4. The molecule has 1 N–H and O–H groups in total. The Morgan fingerprint density at radius 3 is 2.41 bits per heavy atom. The van der Waals surface area contributed by atoms with Crippen LogP contribution in [0.15, 0.2) is 18.2 Å². The van der Waals surface area contributed by atoms with Crippen LogP contribution in [0.1, 0.15) is 27.2 Å². The molecule has 0 saturated carbocycles. The predicted octanol–water partition coefficient (Wildman–Crippen LogP) is 2.44. The molecule has 0 bridgehead atoms. The van der Waals surface area contributed by atoms with Crippen molar-refractivity contribution in [1.29, 1.82) is 0 Å². The number of carbonyl (C=O) groups is 2. The zero-order chi connectivity index (χ0) is 16.9. The highest BCUT2D eigenvalue weighted by Gasteiger charge is 2.27. The van der Waals surface area contributed by atoms with Gasteiger partial charge in [0.2, 0.25) is 0 Å². The number of halogens is 2. The molecule has 0 aliphatic rings. The minimum absolute atomic E-state index is 0.000762. The highest BCUT2D eigenvalue weighted by Crippen LogP contribution is 2.18. The molecule has 0 aliphatic heterocycles. The first-order valence-corrected chi connectivity index (χ1v) is 6.90. The molecule has 5 nitrogen and oxygen atoms in total. The lowest BCUT2D eigenvalue weighted by molar-refractivity contribution is -0.149. The van der Waals surface area contributed by atoms with Gasteiger partial charge in [0.05, 0.1) is 0 Å². The van der Waals surface area contributed by atoms with Crippen LogP contribution in [-0.4, -0.2) is 40.6 Å². The van der Waals surface area contributed by atoms with Gasteiger partial charge >= 0.3 is 5.97 Å². The maximum Gasteiger partial charge on any atom is 0.323 e. The summed E-state index contributed by atoms with van der Waals surface area (Å²) in [5, 5.41) is 8.89. The molecule has 1 amide bonds. The van der Waals surface area contributed by atoms with Gasteiger partial charge in [0, 0.05) is 12.1 Å². The summed E-state index contributed by atoms with van der Waals surface area (Å²) in [6.45, 7) is 4.54. The summed E-state index contributed by atoms with van der Waals surface area (Å²) in [5.74, 6) is -3.76. The Morgan fingerprint density at radius 1 is 1.27 bits per heavy atom. The van der Waals surface area contributed by atoms with Crippen molar-refractivity contribution < 1.29 is 28.2 Å². The first-order chi connectivity index (χ1) is 10.3. The van der Waals surface area contributed by atoms with E-state index in [9.17, 15) is 18.4 Å². The molecule has 122 valence electrons. The van der Waals surface area contributed by atoms with E-state index in [-0.39, 0.29) is 11.8 Å². The molecular weight excluding hydrogens is 296 g/mol. The number of rotatable bonds is 7. The standard InChI is InChI=1S/C15H19F2NO4/c1-4-9(2)18(8-14(19)20)15(21)10(3)22-11-5-6-12(16)13(17)7-11/h5-7,9-10H,4,8H2,1-3H3,(H,19,20). The number of carboxylic acids is 1. The van der Waals surface area contributed by atoms with Gasteiger partial charge < -0.3 is 14.7 Å². The van der Waals surface area contributed by atoms with E-state index in [0.717, 1.165) is 12.1 Å². The van der Waals surface area contributed by atoms with Crippen molar-refractivity contribution in [2.45, 2.75) is 39.3 Å². The number of carboxylic acid groups (broad SMARTS) is 1. The van der Waals surface area contributed by atoms with Crippen LogP contribution in [0.3, 0.4) is 0 Å². The van der Waals surface area contributed by atoms with Crippen LogP contribution >= 0.6 is 0 Å². The van der Waals surface area contributed by atoms with Gasteiger partial charge in [0.25, 0.3) is 5.91 Å². The highest BCUT2D eigenvalue weighted by molar-refractivity contribution is 5.84.